The Morgan fingerprint density at radius 2 is 1.75 bits per heavy atom. The molecule has 9 nitrogen and oxygen atoms in total. The first kappa shape index (κ1) is 32.6. The molecule has 1 aliphatic rings. The normalized spacial score (nSPS) is 16.3. The lowest BCUT2D eigenvalue weighted by Crippen LogP contribution is -2.45. The van der Waals surface area contributed by atoms with E-state index in [2.05, 4.69) is 33.7 Å². The number of rotatable bonds is 13. The molecule has 4 rings (SSSR count). The number of hydrogen-bond donors (Lipinski definition) is 1. The van der Waals surface area contributed by atoms with Gasteiger partial charge >= 0.3 is 18.0 Å². The number of allylic oxidation sites excluding steroid dienone is 1. The number of aromatic nitrogens is 3. The van der Waals surface area contributed by atoms with Gasteiger partial charge in [0.2, 0.25) is 11.3 Å². The van der Waals surface area contributed by atoms with Gasteiger partial charge in [0.05, 0.1) is 11.5 Å². The van der Waals surface area contributed by atoms with Crippen molar-refractivity contribution in [1.82, 2.24) is 15.2 Å². The molecule has 0 spiro atoms. The Morgan fingerprint density at radius 3 is 2.32 bits per heavy atom. The third-order valence-electron chi connectivity index (χ3n) is 7.44. The van der Waals surface area contributed by atoms with E-state index in [1.165, 1.54) is 12.2 Å². The summed E-state index contributed by atoms with van der Waals surface area (Å²) in [5.74, 6) is -2.74. The van der Waals surface area contributed by atoms with Gasteiger partial charge in [0.1, 0.15) is 11.4 Å². The molecule has 1 saturated carbocycles. The van der Waals surface area contributed by atoms with Crippen LogP contribution in [0.4, 0.5) is 37.8 Å². The van der Waals surface area contributed by atoms with Gasteiger partial charge in [-0.25, -0.2) is 4.98 Å². The maximum atomic E-state index is 14.7. The van der Waals surface area contributed by atoms with Gasteiger partial charge in [-0.2, -0.15) is 26.3 Å². The molecule has 1 aromatic carbocycles. The van der Waals surface area contributed by atoms with Gasteiger partial charge in [-0.1, -0.05) is 55.3 Å². The highest BCUT2D eigenvalue weighted by molar-refractivity contribution is 5.68. The summed E-state index contributed by atoms with van der Waals surface area (Å²) in [5, 5.41) is 21.8. The average Bonchev–Trinajstić information content (AvgIpc) is 3.63. The van der Waals surface area contributed by atoms with Gasteiger partial charge in [-0.15, -0.1) is 23.4 Å². The third kappa shape index (κ3) is 6.77. The van der Waals surface area contributed by atoms with Crippen molar-refractivity contribution < 1.29 is 40.4 Å². The molecule has 1 atom stereocenters. The highest BCUT2D eigenvalue weighted by Gasteiger charge is 2.61. The van der Waals surface area contributed by atoms with Crippen molar-refractivity contribution >= 4 is 11.5 Å². The predicted molar refractivity (Wildman–Crippen MR) is 147 cm³/mol. The molecular weight excluding hydrogens is 596 g/mol. The number of alkyl halides is 6. The quantitative estimate of drug-likeness (QED) is 0.0873. The van der Waals surface area contributed by atoms with Crippen LogP contribution in [0.25, 0.3) is 11.6 Å². The number of hydrogen-bond acceptors (Lipinski definition) is 8. The number of halogens is 6. The number of benzene rings is 1. The first-order chi connectivity index (χ1) is 20.7. The molecule has 0 saturated heterocycles. The van der Waals surface area contributed by atoms with E-state index in [-0.39, 0.29) is 18.9 Å². The van der Waals surface area contributed by atoms with Gasteiger partial charge in [0, 0.05) is 11.6 Å². The van der Waals surface area contributed by atoms with Crippen molar-refractivity contribution in [3.8, 4) is 11.6 Å². The van der Waals surface area contributed by atoms with E-state index < -0.39 is 76.0 Å². The topological polar surface area (TPSA) is 116 Å². The van der Waals surface area contributed by atoms with E-state index in [0.717, 1.165) is 0 Å². The highest BCUT2D eigenvalue weighted by atomic mass is 19.4. The van der Waals surface area contributed by atoms with Crippen LogP contribution in [0.2, 0.25) is 0 Å². The summed E-state index contributed by atoms with van der Waals surface area (Å²) >= 11 is 0. The maximum absolute atomic E-state index is 14.7. The summed E-state index contributed by atoms with van der Waals surface area (Å²) in [4.78, 5) is 14.7. The SMILES string of the molecule is C=CCC[C@@](OCc1ccccc1)(c1nnc(-c2nc(NC3(CC=C)CCCC3)c(C(F)(F)F)cc2[N+](=O)[O-])o1)C(F)(F)F. The van der Waals surface area contributed by atoms with Crippen LogP contribution in [-0.2, 0) is 23.1 Å². The molecule has 0 bridgehead atoms. The molecule has 1 N–H and O–H groups in total. The monoisotopic (exact) mass is 625 g/mol. The molecule has 236 valence electrons. The van der Waals surface area contributed by atoms with Crippen LogP contribution in [0.3, 0.4) is 0 Å². The first-order valence-corrected chi connectivity index (χ1v) is 13.6. The Hall–Kier alpha value is -4.27. The van der Waals surface area contributed by atoms with Crippen molar-refractivity contribution in [2.24, 2.45) is 0 Å². The molecule has 2 aromatic heterocycles. The number of anilines is 1. The van der Waals surface area contributed by atoms with Gasteiger partial charge < -0.3 is 14.5 Å². The molecule has 0 radical (unpaired) electrons. The zero-order valence-electron chi connectivity index (χ0n) is 23.4. The van der Waals surface area contributed by atoms with Crippen LogP contribution in [0.5, 0.6) is 0 Å². The van der Waals surface area contributed by atoms with Crippen LogP contribution in [0.15, 0.2) is 66.1 Å². The smallest absolute Gasteiger partial charge is 0.415 e. The summed E-state index contributed by atoms with van der Waals surface area (Å²) in [6.07, 6.45) is -5.71. The molecule has 0 aliphatic heterocycles. The van der Waals surface area contributed by atoms with E-state index in [0.29, 0.717) is 31.2 Å². The molecule has 2 heterocycles. The summed E-state index contributed by atoms with van der Waals surface area (Å²) in [6, 6.07) is 8.22. The minimum Gasteiger partial charge on any atom is -0.415 e. The van der Waals surface area contributed by atoms with Crippen LogP contribution < -0.4 is 5.32 Å². The minimum atomic E-state index is -5.12. The fourth-order valence-corrected chi connectivity index (χ4v) is 5.22. The van der Waals surface area contributed by atoms with Crippen LogP contribution in [-0.4, -0.2) is 31.8 Å². The first-order valence-electron chi connectivity index (χ1n) is 13.6. The summed E-state index contributed by atoms with van der Waals surface area (Å²) < 4.78 is 97.4. The van der Waals surface area contributed by atoms with E-state index in [9.17, 15) is 36.5 Å². The molecular formula is C29H29F6N5O4. The third-order valence-corrected chi connectivity index (χ3v) is 7.44. The van der Waals surface area contributed by atoms with Gasteiger partial charge in [0.25, 0.3) is 11.8 Å². The van der Waals surface area contributed by atoms with Crippen molar-refractivity contribution in [2.75, 3.05) is 5.32 Å². The minimum absolute atomic E-state index is 0.204. The number of nitrogens with zero attached hydrogens (tertiary/aromatic N) is 4. The summed E-state index contributed by atoms with van der Waals surface area (Å²) in [5.41, 5.74) is -7.08. The number of pyridine rings is 1. The average molecular weight is 626 g/mol. The van der Waals surface area contributed by atoms with Gasteiger partial charge in [-0.05, 0) is 37.7 Å². The van der Waals surface area contributed by atoms with Crippen molar-refractivity contribution in [2.45, 2.75) is 75.0 Å². The molecule has 1 aliphatic carbocycles. The van der Waals surface area contributed by atoms with Crippen LogP contribution >= 0.6 is 0 Å². The lowest BCUT2D eigenvalue weighted by atomic mass is 9.93. The zero-order valence-corrected chi connectivity index (χ0v) is 23.4. The fraction of sp³-hybridized carbons (Fsp3) is 0.414. The van der Waals surface area contributed by atoms with E-state index in [1.807, 2.05) is 0 Å². The Balaban J connectivity index is 1.86. The molecule has 1 fully saturated rings. The van der Waals surface area contributed by atoms with Crippen LogP contribution in [0.1, 0.15) is 62.0 Å². The summed E-state index contributed by atoms with van der Waals surface area (Å²) in [7, 11) is 0. The van der Waals surface area contributed by atoms with Gasteiger partial charge in [-0.3, -0.25) is 10.1 Å². The second-order valence-electron chi connectivity index (χ2n) is 10.5. The standard InChI is InChI=1S/C29H29F6N5O4/c1-3-5-16-27(29(33,34)35,43-18-19-11-7-6-8-12-19)25-39-38-24(44-25)22-21(40(41)42)17-20(28(30,31)32)23(36-22)37-26(13-4-2)14-9-10-15-26/h3-4,6-8,11-12,17H,1-2,5,9-10,13-16,18H2,(H,36,37)/t27-/m1/s1. The van der Waals surface area contributed by atoms with E-state index >= 15 is 0 Å². The molecule has 3 aromatic rings. The van der Waals surface area contributed by atoms with Crippen LogP contribution in [0, 0.1) is 10.1 Å². The number of ether oxygens (including phenoxy) is 1. The Bertz CT molecular complexity index is 1490. The second-order valence-corrected chi connectivity index (χ2v) is 10.5. The van der Waals surface area contributed by atoms with Crippen molar-refractivity contribution in [3.05, 3.63) is 88.8 Å². The maximum Gasteiger partial charge on any atom is 0.426 e. The number of nitro groups is 1. The lowest BCUT2D eigenvalue weighted by Gasteiger charge is -2.32. The van der Waals surface area contributed by atoms with E-state index in [1.54, 1.807) is 30.3 Å². The van der Waals surface area contributed by atoms with E-state index in [4.69, 9.17) is 9.15 Å². The summed E-state index contributed by atoms with van der Waals surface area (Å²) in [6.45, 7) is 6.61. The largest absolute Gasteiger partial charge is 0.426 e. The molecule has 0 amide bonds. The Labute approximate surface area is 248 Å². The predicted octanol–water partition coefficient (Wildman–Crippen LogP) is 8.30. The molecule has 0 unspecified atom stereocenters. The Morgan fingerprint density at radius 1 is 1.07 bits per heavy atom. The van der Waals surface area contributed by atoms with Crippen molar-refractivity contribution in [1.29, 1.82) is 0 Å². The second kappa shape index (κ2) is 12.8. The Kier molecular flexibility index (Phi) is 9.47. The molecule has 15 heteroatoms. The lowest BCUT2D eigenvalue weighted by molar-refractivity contribution is -0.384. The fourth-order valence-electron chi connectivity index (χ4n) is 5.22. The molecule has 44 heavy (non-hydrogen) atoms. The number of nitrogens with one attached hydrogen (secondary N) is 1. The van der Waals surface area contributed by atoms with Crippen molar-refractivity contribution in [3.63, 3.8) is 0 Å². The zero-order chi connectivity index (χ0) is 32.2. The van der Waals surface area contributed by atoms with Gasteiger partial charge in [0.15, 0.2) is 0 Å². The highest BCUT2D eigenvalue weighted by Crippen LogP contribution is 2.48.